The van der Waals surface area contributed by atoms with E-state index in [0.717, 1.165) is 25.7 Å². The summed E-state index contributed by atoms with van der Waals surface area (Å²) >= 11 is 0. The highest BCUT2D eigenvalue weighted by atomic mass is 16.8. The molecule has 194 valence electrons. The van der Waals surface area contributed by atoms with E-state index in [4.69, 9.17) is 28.1 Å². The van der Waals surface area contributed by atoms with Crippen LogP contribution in [0.2, 0.25) is 0 Å². The third kappa shape index (κ3) is 3.86. The van der Waals surface area contributed by atoms with Crippen molar-refractivity contribution in [1.29, 1.82) is 0 Å². The number of aromatic hydroxyl groups is 1. The van der Waals surface area contributed by atoms with Crippen LogP contribution in [0.5, 0.6) is 11.5 Å². The molecule has 2 saturated heterocycles. The van der Waals surface area contributed by atoms with Crippen molar-refractivity contribution in [1.82, 2.24) is 0 Å². The lowest BCUT2D eigenvalue weighted by molar-refractivity contribution is -0.292. The first-order valence-corrected chi connectivity index (χ1v) is 12.0. The van der Waals surface area contributed by atoms with E-state index < -0.39 is 59.6 Å². The van der Waals surface area contributed by atoms with Crippen LogP contribution < -0.4 is 15.7 Å². The first-order valence-electron chi connectivity index (χ1n) is 12.0. The standard InChI is InChI=1S/C25H29NO10/c1-11(2)21(28)26-15-16(27)13-7-8-14(12(3)17(13)33-22(15)29)32-23-19-18(34-24(30)35-19)20(31-4)25(36-23)9-5-6-10-25/h7-8,11,18-20,23,27H,5-6,9-10H2,1-4H3,(H,26,28)/t18-,19+,20+,23+/m0/s1. The number of anilines is 1. The Kier molecular flexibility index (Phi) is 6.08. The van der Waals surface area contributed by atoms with Gasteiger partial charge in [-0.25, -0.2) is 9.59 Å². The van der Waals surface area contributed by atoms with Crippen molar-refractivity contribution in [3.05, 3.63) is 28.1 Å². The number of hydrogen-bond acceptors (Lipinski definition) is 10. The van der Waals surface area contributed by atoms with Gasteiger partial charge in [-0.1, -0.05) is 26.7 Å². The van der Waals surface area contributed by atoms with E-state index in [1.807, 2.05) is 0 Å². The normalized spacial score (nSPS) is 26.6. The van der Waals surface area contributed by atoms with Gasteiger partial charge >= 0.3 is 11.8 Å². The molecule has 1 aromatic heterocycles. The molecule has 2 aromatic rings. The maximum Gasteiger partial charge on any atom is 0.509 e. The molecule has 1 spiro atoms. The molecule has 3 fully saturated rings. The van der Waals surface area contributed by atoms with Gasteiger partial charge in [0.05, 0.1) is 5.39 Å². The third-order valence-electron chi connectivity index (χ3n) is 7.19. The van der Waals surface area contributed by atoms with Gasteiger partial charge in [0, 0.05) is 18.6 Å². The van der Waals surface area contributed by atoms with Crippen LogP contribution >= 0.6 is 0 Å². The average molecular weight is 504 g/mol. The number of carbonyl (C=O) groups excluding carboxylic acids is 2. The molecule has 0 radical (unpaired) electrons. The second kappa shape index (κ2) is 8.97. The maximum absolute atomic E-state index is 12.6. The van der Waals surface area contributed by atoms with Gasteiger partial charge in [-0.15, -0.1) is 0 Å². The Balaban J connectivity index is 1.49. The number of amides is 1. The number of ether oxygens (including phenoxy) is 5. The minimum absolute atomic E-state index is 0.0925. The average Bonchev–Trinajstić information content (AvgIpc) is 3.45. The van der Waals surface area contributed by atoms with Gasteiger partial charge in [-0.3, -0.25) is 4.79 Å². The molecule has 1 aromatic carbocycles. The molecule has 3 aliphatic rings. The molecular weight excluding hydrogens is 474 g/mol. The summed E-state index contributed by atoms with van der Waals surface area (Å²) in [6.07, 6.45) is -0.557. The molecule has 11 heteroatoms. The van der Waals surface area contributed by atoms with E-state index in [0.29, 0.717) is 11.3 Å². The minimum atomic E-state index is -0.993. The van der Waals surface area contributed by atoms with E-state index in [1.54, 1.807) is 33.9 Å². The quantitative estimate of drug-likeness (QED) is 0.460. The summed E-state index contributed by atoms with van der Waals surface area (Å²) in [5.41, 5.74) is -1.39. The van der Waals surface area contributed by atoms with Crippen LogP contribution in [0.4, 0.5) is 10.5 Å². The topological polar surface area (TPSA) is 143 Å². The number of rotatable bonds is 5. The Labute approximate surface area is 206 Å². The van der Waals surface area contributed by atoms with E-state index in [1.165, 1.54) is 6.07 Å². The summed E-state index contributed by atoms with van der Waals surface area (Å²) in [7, 11) is 1.55. The predicted molar refractivity (Wildman–Crippen MR) is 125 cm³/mol. The number of benzene rings is 1. The van der Waals surface area contributed by atoms with Crippen LogP contribution in [0, 0.1) is 12.8 Å². The van der Waals surface area contributed by atoms with Crippen LogP contribution in [-0.2, 0) is 23.7 Å². The molecule has 1 saturated carbocycles. The molecule has 4 atom stereocenters. The smallest absolute Gasteiger partial charge is 0.505 e. The molecule has 2 aliphatic heterocycles. The monoisotopic (exact) mass is 503 g/mol. The Morgan fingerprint density at radius 3 is 2.53 bits per heavy atom. The van der Waals surface area contributed by atoms with Crippen molar-refractivity contribution in [2.24, 2.45) is 5.92 Å². The Hall–Kier alpha value is -3.31. The largest absolute Gasteiger partial charge is 0.509 e. The zero-order chi connectivity index (χ0) is 25.8. The molecule has 2 N–H and O–H groups in total. The van der Waals surface area contributed by atoms with Crippen LogP contribution in [-0.4, -0.2) is 54.5 Å². The summed E-state index contributed by atoms with van der Waals surface area (Å²) in [5, 5.41) is 13.4. The van der Waals surface area contributed by atoms with E-state index in [-0.39, 0.29) is 16.7 Å². The van der Waals surface area contributed by atoms with E-state index in [9.17, 15) is 19.5 Å². The Morgan fingerprint density at radius 1 is 1.17 bits per heavy atom. The second-order valence-corrected chi connectivity index (χ2v) is 9.77. The minimum Gasteiger partial charge on any atom is -0.505 e. The van der Waals surface area contributed by atoms with Gasteiger partial charge in [0.2, 0.25) is 18.3 Å². The molecule has 1 amide bonds. The molecular formula is C25H29NO10. The lowest BCUT2D eigenvalue weighted by Gasteiger charge is -2.47. The Morgan fingerprint density at radius 2 is 1.86 bits per heavy atom. The van der Waals surface area contributed by atoms with Gasteiger partial charge in [0.15, 0.2) is 17.5 Å². The van der Waals surface area contributed by atoms with Gasteiger partial charge in [-0.2, -0.15) is 0 Å². The first kappa shape index (κ1) is 24.4. The van der Waals surface area contributed by atoms with Gasteiger partial charge in [-0.05, 0) is 31.9 Å². The molecule has 11 nitrogen and oxygen atoms in total. The highest BCUT2D eigenvalue weighted by molar-refractivity contribution is 5.98. The maximum atomic E-state index is 12.6. The lowest BCUT2D eigenvalue weighted by atomic mass is 9.85. The molecule has 0 bridgehead atoms. The highest BCUT2D eigenvalue weighted by Gasteiger charge is 2.62. The van der Waals surface area contributed by atoms with Crippen LogP contribution in [0.3, 0.4) is 0 Å². The zero-order valence-electron chi connectivity index (χ0n) is 20.5. The van der Waals surface area contributed by atoms with Crippen molar-refractivity contribution in [2.45, 2.75) is 76.7 Å². The predicted octanol–water partition coefficient (Wildman–Crippen LogP) is 3.37. The fourth-order valence-electron chi connectivity index (χ4n) is 5.31. The Bertz CT molecular complexity index is 1260. The lowest BCUT2D eigenvalue weighted by Crippen LogP contribution is -2.64. The van der Waals surface area contributed by atoms with Gasteiger partial charge in [0.1, 0.15) is 23.0 Å². The SMILES string of the molecule is CO[C@@H]1[C@H]2OC(=O)O[C@H]2[C@H](Oc2ccc3c(O)c(NC(=O)C(C)C)c(=O)oc3c2C)OC12CCCC2. The van der Waals surface area contributed by atoms with Crippen LogP contribution in [0.25, 0.3) is 11.0 Å². The van der Waals surface area contributed by atoms with Crippen molar-refractivity contribution in [2.75, 3.05) is 12.4 Å². The fraction of sp³-hybridized carbons (Fsp3) is 0.560. The number of carbonyl (C=O) groups is 2. The first-order chi connectivity index (χ1) is 17.1. The summed E-state index contributed by atoms with van der Waals surface area (Å²) in [5.74, 6) is -0.920. The van der Waals surface area contributed by atoms with Crippen LogP contribution in [0.1, 0.15) is 45.1 Å². The summed E-state index contributed by atoms with van der Waals surface area (Å²) in [6, 6.07) is 3.10. The fourth-order valence-corrected chi connectivity index (χ4v) is 5.31. The van der Waals surface area contributed by atoms with E-state index >= 15 is 0 Å². The number of methoxy groups -OCH3 is 1. The number of aryl methyl sites for hydroxylation is 1. The van der Waals surface area contributed by atoms with Gasteiger partial charge in [0.25, 0.3) is 0 Å². The van der Waals surface area contributed by atoms with Crippen molar-refractivity contribution < 1.29 is 42.8 Å². The number of hydrogen-bond donors (Lipinski definition) is 2. The summed E-state index contributed by atoms with van der Waals surface area (Å²) in [4.78, 5) is 36.7. The van der Waals surface area contributed by atoms with Gasteiger partial charge < -0.3 is 38.5 Å². The molecule has 3 heterocycles. The van der Waals surface area contributed by atoms with Crippen molar-refractivity contribution in [3.8, 4) is 11.5 Å². The molecule has 5 rings (SSSR count). The number of nitrogens with one attached hydrogen (secondary N) is 1. The molecule has 1 aliphatic carbocycles. The van der Waals surface area contributed by atoms with Crippen LogP contribution in [0.15, 0.2) is 21.3 Å². The highest BCUT2D eigenvalue weighted by Crippen LogP contribution is 2.47. The second-order valence-electron chi connectivity index (χ2n) is 9.77. The third-order valence-corrected chi connectivity index (χ3v) is 7.19. The van der Waals surface area contributed by atoms with E-state index in [2.05, 4.69) is 5.32 Å². The van der Waals surface area contributed by atoms with Crippen molar-refractivity contribution >= 4 is 28.7 Å². The molecule has 36 heavy (non-hydrogen) atoms. The number of fused-ring (bicyclic) bond motifs is 2. The van der Waals surface area contributed by atoms with Crippen molar-refractivity contribution in [3.63, 3.8) is 0 Å². The summed E-state index contributed by atoms with van der Waals surface area (Å²) in [6.45, 7) is 4.99. The zero-order valence-corrected chi connectivity index (χ0v) is 20.5. The molecule has 0 unspecified atom stereocenters. The summed E-state index contributed by atoms with van der Waals surface area (Å²) < 4.78 is 34.6.